The molecule has 130 valence electrons. The smallest absolute Gasteiger partial charge is 0.320 e. The van der Waals surface area contributed by atoms with Gasteiger partial charge in [0.2, 0.25) is 0 Å². The van der Waals surface area contributed by atoms with Crippen LogP contribution in [0, 0.1) is 0 Å². The molecular weight excluding hydrogens is 308 g/mol. The van der Waals surface area contributed by atoms with E-state index < -0.39 is 0 Å². The topological polar surface area (TPSA) is 105 Å². The molecule has 0 radical (unpaired) electrons. The van der Waals surface area contributed by atoms with Crippen molar-refractivity contribution in [2.45, 2.75) is 46.6 Å². The first-order valence-corrected chi connectivity index (χ1v) is 8.17. The van der Waals surface area contributed by atoms with Crippen LogP contribution in [0.15, 0.2) is 10.9 Å². The van der Waals surface area contributed by atoms with Gasteiger partial charge in [0.05, 0.1) is 17.9 Å². The summed E-state index contributed by atoms with van der Waals surface area (Å²) >= 11 is 0. The van der Waals surface area contributed by atoms with Crippen molar-refractivity contribution >= 4 is 11.8 Å². The molecule has 0 saturated carbocycles. The number of aromatic nitrogens is 4. The van der Waals surface area contributed by atoms with Crippen LogP contribution < -0.4 is 16.2 Å². The molecule has 2 rings (SSSR count). The summed E-state index contributed by atoms with van der Waals surface area (Å²) in [6, 6.07) is 1.45. The monoisotopic (exact) mass is 332 g/mol. The van der Waals surface area contributed by atoms with E-state index in [1.54, 1.807) is 11.7 Å². The molecule has 2 aromatic rings. The van der Waals surface area contributed by atoms with Crippen LogP contribution in [-0.4, -0.2) is 26.0 Å². The minimum Gasteiger partial charge on any atom is -0.334 e. The Morgan fingerprint density at radius 2 is 1.96 bits per heavy atom. The lowest BCUT2D eigenvalue weighted by molar-refractivity contribution is 0.251. The molecule has 0 unspecified atom stereocenters. The van der Waals surface area contributed by atoms with E-state index in [9.17, 15) is 9.59 Å². The third kappa shape index (κ3) is 3.81. The fourth-order valence-electron chi connectivity index (χ4n) is 2.61. The van der Waals surface area contributed by atoms with Crippen LogP contribution in [-0.2, 0) is 32.9 Å². The van der Waals surface area contributed by atoms with Gasteiger partial charge in [-0.3, -0.25) is 14.8 Å². The molecule has 0 atom stereocenters. The summed E-state index contributed by atoms with van der Waals surface area (Å²) in [5, 5.41) is 16.3. The molecule has 24 heavy (non-hydrogen) atoms. The number of aryl methyl sites for hydroxylation is 3. The molecule has 2 aromatic heterocycles. The zero-order valence-corrected chi connectivity index (χ0v) is 14.6. The summed E-state index contributed by atoms with van der Waals surface area (Å²) in [6.07, 6.45) is 2.22. The van der Waals surface area contributed by atoms with Crippen molar-refractivity contribution in [3.63, 3.8) is 0 Å². The van der Waals surface area contributed by atoms with Crippen molar-refractivity contribution in [2.24, 2.45) is 7.05 Å². The van der Waals surface area contributed by atoms with Gasteiger partial charge in [-0.15, -0.1) is 0 Å². The van der Waals surface area contributed by atoms with Gasteiger partial charge in [0, 0.05) is 18.7 Å². The highest BCUT2D eigenvalue weighted by molar-refractivity contribution is 5.88. The summed E-state index contributed by atoms with van der Waals surface area (Å²) < 4.78 is 1.62. The van der Waals surface area contributed by atoms with Gasteiger partial charge in [-0.1, -0.05) is 20.8 Å². The zero-order chi connectivity index (χ0) is 17.7. The molecule has 8 nitrogen and oxygen atoms in total. The Morgan fingerprint density at radius 3 is 2.54 bits per heavy atom. The van der Waals surface area contributed by atoms with Crippen LogP contribution in [0.25, 0.3) is 0 Å². The van der Waals surface area contributed by atoms with Crippen LogP contribution in [0.3, 0.4) is 0 Å². The van der Waals surface area contributed by atoms with Gasteiger partial charge in [-0.05, 0) is 24.8 Å². The number of nitrogens with zero attached hydrogens (tertiary/aromatic N) is 3. The van der Waals surface area contributed by atoms with E-state index in [4.69, 9.17) is 0 Å². The van der Waals surface area contributed by atoms with Crippen molar-refractivity contribution in [1.29, 1.82) is 0 Å². The van der Waals surface area contributed by atoms with Crippen molar-refractivity contribution in [2.75, 3.05) is 5.32 Å². The first-order valence-electron chi connectivity index (χ1n) is 8.17. The lowest BCUT2D eigenvalue weighted by Crippen LogP contribution is -2.32. The third-order valence-corrected chi connectivity index (χ3v) is 3.93. The van der Waals surface area contributed by atoms with E-state index in [1.807, 2.05) is 26.8 Å². The molecule has 2 amide bonds. The number of rotatable bonds is 6. The highest BCUT2D eigenvalue weighted by atomic mass is 16.2. The number of hydrogen-bond acceptors (Lipinski definition) is 4. The maximum Gasteiger partial charge on any atom is 0.320 e. The second-order valence-electron chi connectivity index (χ2n) is 5.47. The summed E-state index contributed by atoms with van der Waals surface area (Å²) in [6.45, 7) is 6.11. The second kappa shape index (κ2) is 7.76. The Labute approximate surface area is 140 Å². The first-order chi connectivity index (χ1) is 11.5. The van der Waals surface area contributed by atoms with Gasteiger partial charge < -0.3 is 5.32 Å². The van der Waals surface area contributed by atoms with E-state index in [1.165, 1.54) is 0 Å². The predicted molar refractivity (Wildman–Crippen MR) is 92.1 cm³/mol. The second-order valence-corrected chi connectivity index (χ2v) is 5.47. The summed E-state index contributed by atoms with van der Waals surface area (Å²) in [4.78, 5) is 24.1. The predicted octanol–water partition coefficient (Wildman–Crippen LogP) is 1.51. The number of urea groups is 1. The fraction of sp³-hybridized carbons (Fsp3) is 0.500. The molecule has 3 N–H and O–H groups in total. The maximum absolute atomic E-state index is 12.1. The van der Waals surface area contributed by atoms with E-state index in [2.05, 4.69) is 25.9 Å². The molecule has 0 aromatic carbocycles. The van der Waals surface area contributed by atoms with Gasteiger partial charge in [0.25, 0.3) is 5.56 Å². The largest absolute Gasteiger partial charge is 0.334 e. The van der Waals surface area contributed by atoms with Gasteiger partial charge in [-0.25, -0.2) is 9.89 Å². The average molecular weight is 332 g/mol. The number of H-pyrrole nitrogens is 1. The first kappa shape index (κ1) is 17.7. The Morgan fingerprint density at radius 1 is 1.21 bits per heavy atom. The van der Waals surface area contributed by atoms with Crippen LogP contribution in [0.2, 0.25) is 0 Å². The Kier molecular flexibility index (Phi) is 5.73. The number of hydrogen-bond donors (Lipinski definition) is 3. The van der Waals surface area contributed by atoms with Crippen LogP contribution in [0.4, 0.5) is 10.6 Å². The molecule has 0 bridgehead atoms. The summed E-state index contributed by atoms with van der Waals surface area (Å²) in [7, 11) is 1.77. The Hall–Kier alpha value is -2.64. The van der Waals surface area contributed by atoms with Gasteiger partial charge in [0.15, 0.2) is 0 Å². The Bertz CT molecular complexity index is 777. The van der Waals surface area contributed by atoms with Crippen LogP contribution in [0.5, 0.6) is 0 Å². The molecule has 2 heterocycles. The van der Waals surface area contributed by atoms with E-state index in [0.717, 1.165) is 29.8 Å². The van der Waals surface area contributed by atoms with E-state index in [0.29, 0.717) is 17.8 Å². The number of carbonyl (C=O) groups is 1. The fourth-order valence-corrected chi connectivity index (χ4v) is 2.61. The lowest BCUT2D eigenvalue weighted by atomic mass is 10.0. The van der Waals surface area contributed by atoms with E-state index in [-0.39, 0.29) is 18.1 Å². The molecule has 0 aliphatic heterocycles. The molecular formula is C16H24N6O2. The molecule has 0 fully saturated rings. The van der Waals surface area contributed by atoms with E-state index >= 15 is 0 Å². The van der Waals surface area contributed by atoms with Crippen molar-refractivity contribution < 1.29 is 4.79 Å². The van der Waals surface area contributed by atoms with Crippen molar-refractivity contribution in [1.82, 2.24) is 25.3 Å². The minimum absolute atomic E-state index is 0.151. The normalized spacial score (nSPS) is 10.7. The number of nitrogens with one attached hydrogen (secondary N) is 3. The number of carbonyl (C=O) groups excluding carboxylic acids is 1. The zero-order valence-electron chi connectivity index (χ0n) is 14.6. The van der Waals surface area contributed by atoms with Gasteiger partial charge in [0.1, 0.15) is 5.82 Å². The third-order valence-electron chi connectivity index (χ3n) is 3.93. The van der Waals surface area contributed by atoms with Crippen LogP contribution >= 0.6 is 0 Å². The highest BCUT2D eigenvalue weighted by Crippen LogP contribution is 2.11. The molecule has 8 heteroatoms. The van der Waals surface area contributed by atoms with Crippen molar-refractivity contribution in [3.8, 4) is 0 Å². The summed E-state index contributed by atoms with van der Waals surface area (Å²) in [5.74, 6) is 0.609. The van der Waals surface area contributed by atoms with Crippen molar-refractivity contribution in [3.05, 3.63) is 38.9 Å². The van der Waals surface area contributed by atoms with Gasteiger partial charge >= 0.3 is 6.03 Å². The minimum atomic E-state index is -0.378. The standard InChI is InChI=1S/C16H24N6O2/c1-5-10-8-14(22(4)21-10)18-16(24)17-9-12-11(6-2)13(7-3)19-20-15(12)23/h8H,5-7,9H2,1-4H3,(H,20,23)(H2,17,18,24). The lowest BCUT2D eigenvalue weighted by Gasteiger charge is -2.12. The van der Waals surface area contributed by atoms with Crippen LogP contribution in [0.1, 0.15) is 43.3 Å². The van der Waals surface area contributed by atoms with Gasteiger partial charge in [-0.2, -0.15) is 10.2 Å². The summed E-state index contributed by atoms with van der Waals surface area (Å²) in [5.41, 5.74) is 2.94. The maximum atomic E-state index is 12.1. The highest BCUT2D eigenvalue weighted by Gasteiger charge is 2.13. The average Bonchev–Trinajstić information content (AvgIpc) is 2.93. The molecule has 0 saturated heterocycles. The number of amides is 2. The molecule has 0 aliphatic carbocycles. The number of aromatic amines is 1. The quantitative estimate of drug-likeness (QED) is 0.745. The molecule has 0 spiro atoms. The molecule has 0 aliphatic rings. The Balaban J connectivity index is 2.09. The number of anilines is 1. The SMILES string of the molecule is CCc1cc(NC(=O)NCc2c(CC)c(CC)n[nH]c2=O)n(C)n1.